The monoisotopic (exact) mass is 406 g/mol. The van der Waals surface area contributed by atoms with E-state index in [1.54, 1.807) is 14.1 Å². The van der Waals surface area contributed by atoms with Gasteiger partial charge in [0.25, 0.3) is 17.7 Å². The highest BCUT2D eigenvalue weighted by Crippen LogP contribution is 2.36. The predicted molar refractivity (Wildman–Crippen MR) is 104 cm³/mol. The minimum atomic E-state index is -0.514. The van der Waals surface area contributed by atoms with Crippen LogP contribution in [-0.4, -0.2) is 53.8 Å². The Balaban J connectivity index is 1.88. The van der Waals surface area contributed by atoms with Crippen LogP contribution in [0.4, 0.5) is 5.69 Å². The summed E-state index contributed by atoms with van der Waals surface area (Å²) in [6.07, 6.45) is 0. The number of amides is 3. The van der Waals surface area contributed by atoms with Crippen LogP contribution in [0.3, 0.4) is 0 Å². The van der Waals surface area contributed by atoms with Crippen LogP contribution in [-0.2, 0) is 16.1 Å². The molecule has 8 nitrogen and oxygen atoms in total. The Bertz CT molecular complexity index is 931. The van der Waals surface area contributed by atoms with Crippen molar-refractivity contribution in [2.45, 2.75) is 6.54 Å². The number of nitrogens with one attached hydrogen (secondary N) is 2. The molecule has 0 spiro atoms. The predicted octanol–water partition coefficient (Wildman–Crippen LogP) is 1.63. The maximum atomic E-state index is 12.4. The highest BCUT2D eigenvalue weighted by atomic mass is 32.1. The summed E-state index contributed by atoms with van der Waals surface area (Å²) in [6.45, 7) is 0.394. The molecule has 27 heavy (non-hydrogen) atoms. The molecule has 3 heterocycles. The van der Waals surface area contributed by atoms with Crippen LogP contribution >= 0.6 is 22.7 Å². The van der Waals surface area contributed by atoms with Crippen molar-refractivity contribution in [3.63, 3.8) is 0 Å². The van der Waals surface area contributed by atoms with Crippen molar-refractivity contribution in [1.82, 2.24) is 15.1 Å². The second-order valence-corrected chi connectivity index (χ2v) is 7.92. The van der Waals surface area contributed by atoms with Gasteiger partial charge in [0.2, 0.25) is 0 Å². The topological polar surface area (TPSA) is 102 Å². The lowest BCUT2D eigenvalue weighted by Gasteiger charge is -2.10. The third kappa shape index (κ3) is 3.53. The van der Waals surface area contributed by atoms with Gasteiger partial charge in [-0.1, -0.05) is 6.07 Å². The second kappa shape index (κ2) is 7.41. The number of carbonyl (C=O) groups excluding carboxylic acids is 3. The first-order valence-corrected chi connectivity index (χ1v) is 9.69. The molecule has 3 rings (SSSR count). The van der Waals surface area contributed by atoms with Gasteiger partial charge in [0.1, 0.15) is 16.3 Å². The number of likely N-dealkylation sites (N-methyl/N-ethyl adjacent to an activating group) is 1. The van der Waals surface area contributed by atoms with Crippen molar-refractivity contribution in [1.29, 1.82) is 0 Å². The van der Waals surface area contributed by atoms with Gasteiger partial charge >= 0.3 is 0 Å². The fraction of sp³-hybridized carbons (Fsp3) is 0.235. The molecular formula is C17H18N4O4S2. The molecule has 1 aliphatic rings. The van der Waals surface area contributed by atoms with E-state index in [0.29, 0.717) is 6.54 Å². The number of thiophene rings is 2. The highest BCUT2D eigenvalue weighted by molar-refractivity contribution is 7.13. The van der Waals surface area contributed by atoms with Crippen LogP contribution in [0.5, 0.6) is 5.75 Å². The maximum Gasteiger partial charge on any atom is 0.279 e. The van der Waals surface area contributed by atoms with Crippen LogP contribution in [0.25, 0.3) is 0 Å². The van der Waals surface area contributed by atoms with Crippen LogP contribution in [0.2, 0.25) is 0 Å². The number of carbonyl (C=O) groups is 3. The number of imide groups is 1. The highest BCUT2D eigenvalue weighted by Gasteiger charge is 2.37. The van der Waals surface area contributed by atoms with E-state index in [9.17, 15) is 19.5 Å². The number of nitrogens with zero attached hydrogens (tertiary/aromatic N) is 2. The quantitative estimate of drug-likeness (QED) is 0.631. The van der Waals surface area contributed by atoms with Gasteiger partial charge in [-0.05, 0) is 11.4 Å². The lowest BCUT2D eigenvalue weighted by Crippen LogP contribution is -2.29. The van der Waals surface area contributed by atoms with Gasteiger partial charge in [0.05, 0.1) is 5.69 Å². The Labute approximate surface area is 163 Å². The minimum absolute atomic E-state index is 0.0380. The normalized spacial score (nSPS) is 14.1. The zero-order valence-electron chi connectivity index (χ0n) is 14.9. The number of aromatic hydroxyl groups is 1. The van der Waals surface area contributed by atoms with E-state index < -0.39 is 11.8 Å². The van der Waals surface area contributed by atoms with Gasteiger partial charge in [0.15, 0.2) is 5.75 Å². The molecule has 0 aromatic carbocycles. The maximum absolute atomic E-state index is 12.4. The van der Waals surface area contributed by atoms with Gasteiger partial charge in [-0.15, -0.1) is 22.7 Å². The SMILES string of the molecule is CN(C)C(=O)c1scc(NC2=C(NCc3cccs3)C(=O)N(C)C2=O)c1O. The summed E-state index contributed by atoms with van der Waals surface area (Å²) in [5.74, 6) is -1.57. The number of hydrogen-bond acceptors (Lipinski definition) is 8. The molecule has 0 unspecified atom stereocenters. The molecule has 0 saturated carbocycles. The van der Waals surface area contributed by atoms with E-state index in [0.717, 1.165) is 21.1 Å². The van der Waals surface area contributed by atoms with Gasteiger partial charge in [0, 0.05) is 37.9 Å². The lowest BCUT2D eigenvalue weighted by atomic mass is 10.3. The summed E-state index contributed by atoms with van der Waals surface area (Å²) in [5.41, 5.74) is 0.366. The molecule has 0 aliphatic carbocycles. The van der Waals surface area contributed by atoms with Crippen molar-refractivity contribution >= 4 is 46.1 Å². The second-order valence-electron chi connectivity index (χ2n) is 6.00. The van der Waals surface area contributed by atoms with Crippen molar-refractivity contribution in [3.8, 4) is 5.75 Å². The third-order valence-corrected chi connectivity index (χ3v) is 5.77. The molecular weight excluding hydrogens is 388 g/mol. The molecule has 0 saturated heterocycles. The van der Waals surface area contributed by atoms with Crippen LogP contribution in [0.1, 0.15) is 14.5 Å². The minimum Gasteiger partial charge on any atom is -0.504 e. The van der Waals surface area contributed by atoms with E-state index in [1.165, 1.54) is 28.7 Å². The molecule has 0 radical (unpaired) electrons. The summed E-state index contributed by atoms with van der Waals surface area (Å²) in [5, 5.41) is 19.6. The Morgan fingerprint density at radius 3 is 2.56 bits per heavy atom. The van der Waals surface area contributed by atoms with Crippen LogP contribution in [0.15, 0.2) is 34.3 Å². The summed E-state index contributed by atoms with van der Waals surface area (Å²) in [4.78, 5) is 40.4. The summed E-state index contributed by atoms with van der Waals surface area (Å²) < 4.78 is 0. The molecule has 2 aromatic rings. The number of anilines is 1. The Morgan fingerprint density at radius 1 is 1.22 bits per heavy atom. The molecule has 3 amide bonds. The van der Waals surface area contributed by atoms with Crippen LogP contribution < -0.4 is 10.6 Å². The van der Waals surface area contributed by atoms with E-state index in [-0.39, 0.29) is 33.6 Å². The van der Waals surface area contributed by atoms with Gasteiger partial charge in [-0.25, -0.2) is 0 Å². The fourth-order valence-electron chi connectivity index (χ4n) is 2.44. The zero-order valence-corrected chi connectivity index (χ0v) is 16.5. The number of rotatable bonds is 6. The number of hydrogen-bond donors (Lipinski definition) is 3. The molecule has 0 fully saturated rings. The Kier molecular flexibility index (Phi) is 5.19. The fourth-order valence-corrected chi connectivity index (χ4v) is 4.00. The largest absolute Gasteiger partial charge is 0.504 e. The Morgan fingerprint density at radius 2 is 1.93 bits per heavy atom. The third-order valence-electron chi connectivity index (χ3n) is 3.93. The smallest absolute Gasteiger partial charge is 0.279 e. The first-order valence-electron chi connectivity index (χ1n) is 7.93. The van der Waals surface area contributed by atoms with E-state index >= 15 is 0 Å². The van der Waals surface area contributed by atoms with E-state index in [1.807, 2.05) is 17.5 Å². The first-order chi connectivity index (χ1) is 12.8. The summed E-state index contributed by atoms with van der Waals surface area (Å²) >= 11 is 2.59. The van der Waals surface area contributed by atoms with Crippen LogP contribution in [0, 0.1) is 0 Å². The van der Waals surface area contributed by atoms with Crippen molar-refractivity contribution in [2.24, 2.45) is 0 Å². The van der Waals surface area contributed by atoms with Crippen molar-refractivity contribution < 1.29 is 19.5 Å². The average Bonchev–Trinajstić information content (AvgIpc) is 3.32. The summed E-state index contributed by atoms with van der Waals surface area (Å²) in [7, 11) is 4.55. The average molecular weight is 406 g/mol. The van der Waals surface area contributed by atoms with Gasteiger partial charge in [-0.3, -0.25) is 19.3 Å². The molecule has 2 aromatic heterocycles. The lowest BCUT2D eigenvalue weighted by molar-refractivity contribution is -0.136. The van der Waals surface area contributed by atoms with E-state index in [4.69, 9.17) is 0 Å². The standard InChI is InChI=1S/C17H18N4O4S2/c1-20(2)17(25)14-13(22)10(8-27-14)19-12-11(15(23)21(3)16(12)24)18-7-9-5-4-6-26-9/h4-6,8,18-19,22H,7H2,1-3H3. The molecule has 142 valence electrons. The van der Waals surface area contributed by atoms with Crippen molar-refractivity contribution in [3.05, 3.63) is 44.0 Å². The molecule has 0 atom stereocenters. The molecule has 10 heteroatoms. The summed E-state index contributed by atoms with van der Waals surface area (Å²) in [6, 6.07) is 3.82. The Hall–Kier alpha value is -2.85. The molecule has 3 N–H and O–H groups in total. The van der Waals surface area contributed by atoms with E-state index in [2.05, 4.69) is 10.6 Å². The molecule has 1 aliphatic heterocycles. The first kappa shape index (κ1) is 18.9. The van der Waals surface area contributed by atoms with Crippen molar-refractivity contribution in [2.75, 3.05) is 26.5 Å². The van der Waals surface area contributed by atoms with Gasteiger partial charge in [-0.2, -0.15) is 0 Å². The zero-order chi connectivity index (χ0) is 19.7. The van der Waals surface area contributed by atoms with Gasteiger partial charge < -0.3 is 20.6 Å². The molecule has 0 bridgehead atoms.